The van der Waals surface area contributed by atoms with E-state index in [1.807, 2.05) is 34.5 Å². The lowest BCUT2D eigenvalue weighted by Gasteiger charge is -2.31. The van der Waals surface area contributed by atoms with Gasteiger partial charge in [-0.15, -0.1) is 11.3 Å². The van der Waals surface area contributed by atoms with Gasteiger partial charge < -0.3 is 9.88 Å². The van der Waals surface area contributed by atoms with Crippen molar-refractivity contribution < 1.29 is 9.59 Å². The third kappa shape index (κ3) is 3.64. The van der Waals surface area contributed by atoms with Crippen LogP contribution in [0.25, 0.3) is 11.0 Å². The Morgan fingerprint density at radius 2 is 2.00 bits per heavy atom. The topological polar surface area (TPSA) is 82.2 Å². The first-order valence-corrected chi connectivity index (χ1v) is 11.0. The number of nitrogens with zero attached hydrogens (tertiary/aromatic N) is 4. The van der Waals surface area contributed by atoms with Crippen molar-refractivity contribution in [3.63, 3.8) is 0 Å². The summed E-state index contributed by atoms with van der Waals surface area (Å²) in [4.78, 5) is 40.9. The molecule has 2 saturated heterocycles. The highest BCUT2D eigenvalue weighted by Gasteiger charge is 2.27. The second-order valence-electron chi connectivity index (χ2n) is 7.74. The number of H-pyrrole nitrogens is 1. The van der Waals surface area contributed by atoms with Crippen molar-refractivity contribution in [1.29, 1.82) is 0 Å². The molecule has 0 radical (unpaired) electrons. The lowest BCUT2D eigenvalue weighted by molar-refractivity contribution is -0.131. The fourth-order valence-corrected chi connectivity index (χ4v) is 5.05. The molecule has 29 heavy (non-hydrogen) atoms. The van der Waals surface area contributed by atoms with E-state index >= 15 is 0 Å². The second-order valence-corrected chi connectivity index (χ2v) is 8.58. The van der Waals surface area contributed by atoms with Gasteiger partial charge in [0.05, 0.1) is 23.1 Å². The summed E-state index contributed by atoms with van der Waals surface area (Å²) in [6.45, 7) is 2.21. The predicted molar refractivity (Wildman–Crippen MR) is 112 cm³/mol. The Morgan fingerprint density at radius 1 is 1.17 bits per heavy atom. The van der Waals surface area contributed by atoms with E-state index in [9.17, 15) is 9.59 Å². The minimum absolute atomic E-state index is 0.109. The molecule has 8 heteroatoms. The summed E-state index contributed by atoms with van der Waals surface area (Å²) in [5.41, 5.74) is 2.82. The van der Waals surface area contributed by atoms with Gasteiger partial charge in [-0.25, -0.2) is 9.97 Å². The highest BCUT2D eigenvalue weighted by Crippen LogP contribution is 2.29. The number of para-hydroxylation sites is 2. The SMILES string of the molecule is O=C(Cc1csc(N2CCCC2=O)n1)N1CCC(c2nc3ccccc3[nH]2)CC1. The van der Waals surface area contributed by atoms with Gasteiger partial charge in [0, 0.05) is 37.4 Å². The maximum absolute atomic E-state index is 12.7. The van der Waals surface area contributed by atoms with Gasteiger partial charge in [0.1, 0.15) is 5.82 Å². The molecule has 1 aromatic carbocycles. The summed E-state index contributed by atoms with van der Waals surface area (Å²) in [6.07, 6.45) is 3.60. The number of thiazole rings is 1. The number of fused-ring (bicyclic) bond motifs is 1. The summed E-state index contributed by atoms with van der Waals surface area (Å²) in [6, 6.07) is 8.07. The van der Waals surface area contributed by atoms with E-state index in [0.717, 1.165) is 66.6 Å². The minimum Gasteiger partial charge on any atom is -0.342 e. The molecule has 2 aromatic heterocycles. The maximum Gasteiger partial charge on any atom is 0.228 e. The summed E-state index contributed by atoms with van der Waals surface area (Å²) < 4.78 is 0. The van der Waals surface area contributed by atoms with Crippen LogP contribution in [0.3, 0.4) is 0 Å². The number of carbonyl (C=O) groups is 2. The number of aromatic amines is 1. The summed E-state index contributed by atoms with van der Waals surface area (Å²) in [5, 5.41) is 2.62. The lowest BCUT2D eigenvalue weighted by atomic mass is 9.96. The lowest BCUT2D eigenvalue weighted by Crippen LogP contribution is -2.39. The summed E-state index contributed by atoms with van der Waals surface area (Å²) in [5.74, 6) is 1.62. The van der Waals surface area contributed by atoms with E-state index in [4.69, 9.17) is 4.98 Å². The molecule has 2 aliphatic heterocycles. The van der Waals surface area contributed by atoms with Gasteiger partial charge in [0.25, 0.3) is 0 Å². The van der Waals surface area contributed by atoms with Gasteiger partial charge in [-0.3, -0.25) is 14.5 Å². The second kappa shape index (κ2) is 7.59. The molecule has 2 amide bonds. The molecule has 7 nitrogen and oxygen atoms in total. The molecule has 4 heterocycles. The first kappa shape index (κ1) is 18.3. The van der Waals surface area contributed by atoms with Crippen LogP contribution in [0.2, 0.25) is 0 Å². The number of carbonyl (C=O) groups excluding carboxylic acids is 2. The number of nitrogens with one attached hydrogen (secondary N) is 1. The normalized spacial score (nSPS) is 18.1. The van der Waals surface area contributed by atoms with Crippen molar-refractivity contribution in [2.45, 2.75) is 38.0 Å². The van der Waals surface area contributed by atoms with E-state index in [1.165, 1.54) is 11.3 Å². The van der Waals surface area contributed by atoms with Gasteiger partial charge in [-0.1, -0.05) is 12.1 Å². The number of imidazole rings is 1. The zero-order valence-corrected chi connectivity index (χ0v) is 17.0. The molecule has 0 unspecified atom stereocenters. The molecule has 0 saturated carbocycles. The van der Waals surface area contributed by atoms with E-state index < -0.39 is 0 Å². The van der Waals surface area contributed by atoms with Crippen molar-refractivity contribution in [3.8, 4) is 0 Å². The molecule has 0 bridgehead atoms. The predicted octanol–water partition coefficient (Wildman–Crippen LogP) is 3.09. The molecular weight excluding hydrogens is 386 g/mol. The van der Waals surface area contributed by atoms with Crippen molar-refractivity contribution in [2.24, 2.45) is 0 Å². The van der Waals surface area contributed by atoms with Gasteiger partial charge >= 0.3 is 0 Å². The molecule has 0 aliphatic carbocycles. The molecular formula is C21H23N5O2S. The van der Waals surface area contributed by atoms with Crippen LogP contribution in [-0.4, -0.2) is 51.3 Å². The monoisotopic (exact) mass is 409 g/mol. The van der Waals surface area contributed by atoms with Gasteiger partial charge in [0.2, 0.25) is 11.8 Å². The number of aromatic nitrogens is 3. The van der Waals surface area contributed by atoms with Crippen LogP contribution in [0.4, 0.5) is 5.13 Å². The Balaban J connectivity index is 1.18. The van der Waals surface area contributed by atoms with Crippen LogP contribution in [0.15, 0.2) is 29.6 Å². The Kier molecular flexibility index (Phi) is 4.79. The number of benzene rings is 1. The highest BCUT2D eigenvalue weighted by atomic mass is 32.1. The van der Waals surface area contributed by atoms with Crippen molar-refractivity contribution in [3.05, 3.63) is 41.2 Å². The van der Waals surface area contributed by atoms with Crippen molar-refractivity contribution >= 4 is 39.3 Å². The Bertz CT molecular complexity index is 1020. The molecule has 3 aromatic rings. The van der Waals surface area contributed by atoms with Crippen LogP contribution < -0.4 is 4.90 Å². The molecule has 1 N–H and O–H groups in total. The van der Waals surface area contributed by atoms with E-state index in [-0.39, 0.29) is 11.8 Å². The van der Waals surface area contributed by atoms with Crippen molar-refractivity contribution in [1.82, 2.24) is 19.9 Å². The number of rotatable bonds is 4. The third-order valence-electron chi connectivity index (χ3n) is 5.82. The summed E-state index contributed by atoms with van der Waals surface area (Å²) >= 11 is 1.45. The average Bonchev–Trinajstić information content (AvgIpc) is 3.47. The Hall–Kier alpha value is -2.74. The zero-order valence-electron chi connectivity index (χ0n) is 16.1. The molecule has 0 spiro atoms. The molecule has 2 aliphatic rings. The highest BCUT2D eigenvalue weighted by molar-refractivity contribution is 7.14. The van der Waals surface area contributed by atoms with Crippen LogP contribution in [0, 0.1) is 0 Å². The maximum atomic E-state index is 12.7. The number of hydrogen-bond donors (Lipinski definition) is 1. The summed E-state index contributed by atoms with van der Waals surface area (Å²) in [7, 11) is 0. The van der Waals surface area contributed by atoms with Crippen LogP contribution in [0.1, 0.15) is 43.1 Å². The molecule has 0 atom stereocenters. The van der Waals surface area contributed by atoms with E-state index in [2.05, 4.69) is 9.97 Å². The third-order valence-corrected chi connectivity index (χ3v) is 6.73. The minimum atomic E-state index is 0.109. The van der Waals surface area contributed by atoms with Gasteiger partial charge in [-0.2, -0.15) is 0 Å². The Morgan fingerprint density at radius 3 is 2.76 bits per heavy atom. The number of amides is 2. The quantitative estimate of drug-likeness (QED) is 0.718. The van der Waals surface area contributed by atoms with Gasteiger partial charge in [0.15, 0.2) is 5.13 Å². The van der Waals surface area contributed by atoms with Crippen LogP contribution >= 0.6 is 11.3 Å². The first-order chi connectivity index (χ1) is 14.2. The Labute approximate surface area is 172 Å². The van der Waals surface area contributed by atoms with Gasteiger partial charge in [-0.05, 0) is 31.4 Å². The molecule has 2 fully saturated rings. The smallest absolute Gasteiger partial charge is 0.228 e. The average molecular weight is 410 g/mol. The van der Waals surface area contributed by atoms with Crippen molar-refractivity contribution in [2.75, 3.05) is 24.5 Å². The fourth-order valence-electron chi connectivity index (χ4n) is 4.19. The van der Waals surface area contributed by atoms with Crippen LogP contribution in [-0.2, 0) is 16.0 Å². The zero-order chi connectivity index (χ0) is 19.8. The molecule has 5 rings (SSSR count). The number of likely N-dealkylation sites (tertiary alicyclic amines) is 1. The molecule has 150 valence electrons. The first-order valence-electron chi connectivity index (χ1n) is 10.1. The van der Waals surface area contributed by atoms with E-state index in [0.29, 0.717) is 18.8 Å². The fraction of sp³-hybridized carbons (Fsp3) is 0.429. The largest absolute Gasteiger partial charge is 0.342 e. The number of piperidine rings is 1. The number of hydrogen-bond acceptors (Lipinski definition) is 5. The standard InChI is InChI=1S/C21H23N5O2S/c27-18-6-3-9-26(18)21-22-15(13-29-21)12-19(28)25-10-7-14(8-11-25)20-23-16-4-1-2-5-17(16)24-20/h1-2,4-5,13-14H,3,6-12H2,(H,23,24). The number of anilines is 1. The van der Waals surface area contributed by atoms with Crippen LogP contribution in [0.5, 0.6) is 0 Å². The van der Waals surface area contributed by atoms with E-state index in [1.54, 1.807) is 4.90 Å².